The first-order valence-electron chi connectivity index (χ1n) is 4.65. The van der Waals surface area contributed by atoms with Crippen LogP contribution >= 0.6 is 11.3 Å². The maximum Gasteiger partial charge on any atom is 0.132 e. The molecule has 15 heavy (non-hydrogen) atoms. The molecule has 0 spiro atoms. The maximum absolute atomic E-state index is 13.6. The van der Waals surface area contributed by atoms with Gasteiger partial charge in [-0.2, -0.15) is 0 Å². The van der Waals surface area contributed by atoms with E-state index >= 15 is 0 Å². The Labute approximate surface area is 91.5 Å². The van der Waals surface area contributed by atoms with Crippen molar-refractivity contribution in [3.8, 4) is 0 Å². The zero-order valence-electron chi connectivity index (χ0n) is 8.42. The van der Waals surface area contributed by atoms with Crippen LogP contribution in [0.4, 0.5) is 4.39 Å². The number of hydrogen-bond donors (Lipinski definition) is 1. The van der Waals surface area contributed by atoms with Gasteiger partial charge in [-0.3, -0.25) is 0 Å². The lowest BCUT2D eigenvalue weighted by Gasteiger charge is -2.01. The van der Waals surface area contributed by atoms with Crippen LogP contribution in [0.3, 0.4) is 0 Å². The summed E-state index contributed by atoms with van der Waals surface area (Å²) in [5.41, 5.74) is 6.51. The lowest BCUT2D eigenvalue weighted by molar-refractivity contribution is 0.185. The molecular formula is C11H12FNOS. The predicted octanol–water partition coefficient (Wildman–Crippen LogP) is 2.65. The van der Waals surface area contributed by atoms with E-state index in [1.807, 2.05) is 6.07 Å². The van der Waals surface area contributed by atoms with E-state index in [1.165, 1.54) is 17.4 Å². The molecule has 0 saturated carbocycles. The van der Waals surface area contributed by atoms with Crippen molar-refractivity contribution >= 4 is 21.4 Å². The van der Waals surface area contributed by atoms with Gasteiger partial charge in [-0.1, -0.05) is 6.07 Å². The Morgan fingerprint density at radius 1 is 1.47 bits per heavy atom. The highest BCUT2D eigenvalue weighted by molar-refractivity contribution is 7.19. The third-order valence-electron chi connectivity index (χ3n) is 2.32. The summed E-state index contributed by atoms with van der Waals surface area (Å²) in [5, 5.41) is 0.657. The average molecular weight is 225 g/mol. The van der Waals surface area contributed by atoms with Gasteiger partial charge in [-0.15, -0.1) is 11.3 Å². The number of hydrogen-bond acceptors (Lipinski definition) is 3. The van der Waals surface area contributed by atoms with Crippen molar-refractivity contribution in [1.82, 2.24) is 0 Å². The van der Waals surface area contributed by atoms with E-state index in [9.17, 15) is 4.39 Å². The summed E-state index contributed by atoms with van der Waals surface area (Å²) < 4.78 is 19.6. The first kappa shape index (κ1) is 10.5. The van der Waals surface area contributed by atoms with Gasteiger partial charge in [0.2, 0.25) is 0 Å². The summed E-state index contributed by atoms with van der Waals surface area (Å²) in [6.45, 7) is 0.838. The van der Waals surface area contributed by atoms with Gasteiger partial charge in [0.15, 0.2) is 0 Å². The molecule has 2 nitrogen and oxygen atoms in total. The molecular weight excluding hydrogens is 213 g/mol. The van der Waals surface area contributed by atoms with Crippen molar-refractivity contribution in [3.05, 3.63) is 34.5 Å². The second-order valence-corrected chi connectivity index (χ2v) is 4.39. The number of fused-ring (bicyclic) bond motifs is 1. The van der Waals surface area contributed by atoms with E-state index in [-0.39, 0.29) is 5.82 Å². The molecule has 4 heteroatoms. The number of benzene rings is 1. The van der Waals surface area contributed by atoms with Gasteiger partial charge in [0.1, 0.15) is 5.82 Å². The Bertz CT molecular complexity index is 481. The van der Waals surface area contributed by atoms with E-state index in [4.69, 9.17) is 10.5 Å². The zero-order valence-corrected chi connectivity index (χ0v) is 9.23. The number of ether oxygens (including phenoxy) is 1. The Kier molecular flexibility index (Phi) is 3.00. The van der Waals surface area contributed by atoms with Crippen molar-refractivity contribution in [3.63, 3.8) is 0 Å². The Hall–Kier alpha value is -0.970. The summed E-state index contributed by atoms with van der Waals surface area (Å²) in [6.07, 6.45) is 0. The molecule has 2 rings (SSSR count). The Morgan fingerprint density at radius 3 is 2.93 bits per heavy atom. The zero-order chi connectivity index (χ0) is 10.8. The van der Waals surface area contributed by atoms with Crippen LogP contribution in [-0.4, -0.2) is 7.11 Å². The molecule has 0 aliphatic carbocycles. The smallest absolute Gasteiger partial charge is 0.132 e. The van der Waals surface area contributed by atoms with Crippen molar-refractivity contribution in [2.75, 3.05) is 7.11 Å². The van der Waals surface area contributed by atoms with Gasteiger partial charge in [0, 0.05) is 34.2 Å². The summed E-state index contributed by atoms with van der Waals surface area (Å²) in [6, 6.07) is 5.08. The summed E-state index contributed by atoms with van der Waals surface area (Å²) >= 11 is 1.53. The molecule has 0 atom stereocenters. The third kappa shape index (κ3) is 1.76. The lowest BCUT2D eigenvalue weighted by Crippen LogP contribution is -1.98. The van der Waals surface area contributed by atoms with Crippen LogP contribution in [-0.2, 0) is 17.9 Å². The van der Waals surface area contributed by atoms with Crippen LogP contribution in [0.1, 0.15) is 10.4 Å². The van der Waals surface area contributed by atoms with Crippen LogP contribution in [0.25, 0.3) is 10.1 Å². The largest absolute Gasteiger partial charge is 0.380 e. The van der Waals surface area contributed by atoms with Gasteiger partial charge in [-0.05, 0) is 12.1 Å². The molecule has 0 aliphatic heterocycles. The molecule has 1 aromatic heterocycles. The topological polar surface area (TPSA) is 35.2 Å². The standard InChI is InChI=1S/C11H12FNOS/c1-14-6-7-10(5-13)15-9-4-2-3-8(12)11(7)9/h2-4H,5-6,13H2,1H3. The van der Waals surface area contributed by atoms with Crippen LogP contribution in [0, 0.1) is 5.82 Å². The minimum absolute atomic E-state index is 0.199. The highest BCUT2D eigenvalue weighted by Crippen LogP contribution is 2.33. The first-order chi connectivity index (χ1) is 7.27. The van der Waals surface area contributed by atoms with Gasteiger partial charge >= 0.3 is 0 Å². The maximum atomic E-state index is 13.6. The van der Waals surface area contributed by atoms with Crippen LogP contribution in [0.15, 0.2) is 18.2 Å². The van der Waals surface area contributed by atoms with E-state index < -0.39 is 0 Å². The fourth-order valence-corrected chi connectivity index (χ4v) is 2.78. The Morgan fingerprint density at radius 2 is 2.27 bits per heavy atom. The molecule has 2 aromatic rings. The SMILES string of the molecule is COCc1c(CN)sc2cccc(F)c12. The molecule has 0 radical (unpaired) electrons. The molecule has 0 saturated heterocycles. The van der Waals surface area contributed by atoms with E-state index in [0.29, 0.717) is 18.5 Å². The third-order valence-corrected chi connectivity index (χ3v) is 3.54. The van der Waals surface area contributed by atoms with Crippen LogP contribution in [0.2, 0.25) is 0 Å². The highest BCUT2D eigenvalue weighted by atomic mass is 32.1. The molecule has 0 fully saturated rings. The van der Waals surface area contributed by atoms with E-state index in [2.05, 4.69) is 0 Å². The molecule has 0 unspecified atom stereocenters. The molecule has 1 aromatic carbocycles. The monoisotopic (exact) mass is 225 g/mol. The number of thiophene rings is 1. The van der Waals surface area contributed by atoms with Crippen molar-refractivity contribution in [2.45, 2.75) is 13.2 Å². The van der Waals surface area contributed by atoms with Crippen molar-refractivity contribution < 1.29 is 9.13 Å². The van der Waals surface area contributed by atoms with E-state index in [0.717, 1.165) is 15.1 Å². The minimum atomic E-state index is -0.199. The Balaban J connectivity index is 2.70. The summed E-state index contributed by atoms with van der Waals surface area (Å²) in [7, 11) is 1.60. The van der Waals surface area contributed by atoms with Crippen LogP contribution in [0.5, 0.6) is 0 Å². The molecule has 0 bridgehead atoms. The predicted molar refractivity (Wildman–Crippen MR) is 60.4 cm³/mol. The normalized spacial score (nSPS) is 11.1. The number of nitrogens with two attached hydrogens (primary N) is 1. The van der Waals surface area contributed by atoms with Crippen LogP contribution < -0.4 is 5.73 Å². The molecule has 0 amide bonds. The average Bonchev–Trinajstić information content (AvgIpc) is 2.58. The van der Waals surface area contributed by atoms with Gasteiger partial charge in [0.05, 0.1) is 6.61 Å². The quantitative estimate of drug-likeness (QED) is 0.871. The lowest BCUT2D eigenvalue weighted by atomic mass is 10.1. The van der Waals surface area contributed by atoms with Gasteiger partial charge in [-0.25, -0.2) is 4.39 Å². The molecule has 2 N–H and O–H groups in total. The minimum Gasteiger partial charge on any atom is -0.380 e. The molecule has 0 aliphatic rings. The van der Waals surface area contributed by atoms with Gasteiger partial charge in [0.25, 0.3) is 0 Å². The second-order valence-electron chi connectivity index (χ2n) is 3.25. The summed E-state index contributed by atoms with van der Waals surface area (Å²) in [4.78, 5) is 0.997. The fourth-order valence-electron chi connectivity index (χ4n) is 1.68. The fraction of sp³-hybridized carbons (Fsp3) is 0.273. The number of methoxy groups -OCH3 is 1. The second kappa shape index (κ2) is 4.26. The van der Waals surface area contributed by atoms with E-state index in [1.54, 1.807) is 13.2 Å². The van der Waals surface area contributed by atoms with Gasteiger partial charge < -0.3 is 10.5 Å². The van der Waals surface area contributed by atoms with Crippen molar-refractivity contribution in [2.24, 2.45) is 5.73 Å². The van der Waals surface area contributed by atoms with Crippen molar-refractivity contribution in [1.29, 1.82) is 0 Å². The first-order valence-corrected chi connectivity index (χ1v) is 5.47. The summed E-state index contributed by atoms with van der Waals surface area (Å²) in [5.74, 6) is -0.199. The highest BCUT2D eigenvalue weighted by Gasteiger charge is 2.13. The molecule has 1 heterocycles. The number of rotatable bonds is 3. The number of halogens is 1. The molecule has 80 valence electrons.